The number of halogens is 1. The fourth-order valence-corrected chi connectivity index (χ4v) is 6.58. The molecule has 3 N–H and O–H groups in total. The van der Waals surface area contributed by atoms with Gasteiger partial charge in [-0.25, -0.2) is 8.42 Å². The van der Waals surface area contributed by atoms with E-state index in [2.05, 4.69) is 15.0 Å². The molecule has 0 spiro atoms. The molecule has 4 rings (SSSR count). The summed E-state index contributed by atoms with van der Waals surface area (Å²) in [5, 5.41) is 12.5. The van der Waals surface area contributed by atoms with E-state index < -0.39 is 34.0 Å². The zero-order valence-corrected chi connectivity index (χ0v) is 22.4. The first-order chi connectivity index (χ1) is 17.7. The molecule has 1 saturated heterocycles. The van der Waals surface area contributed by atoms with Gasteiger partial charge in [0.25, 0.3) is 5.91 Å². The largest absolute Gasteiger partial charge is 0.393 e. The van der Waals surface area contributed by atoms with Gasteiger partial charge in [0.2, 0.25) is 15.9 Å². The van der Waals surface area contributed by atoms with Crippen LogP contribution in [0.15, 0.2) is 59.6 Å². The molecule has 9 nitrogen and oxygen atoms in total. The van der Waals surface area contributed by atoms with Crippen LogP contribution in [0.4, 0.5) is 0 Å². The van der Waals surface area contributed by atoms with E-state index in [1.165, 1.54) is 11.0 Å². The zero-order chi connectivity index (χ0) is 26.6. The third-order valence-electron chi connectivity index (χ3n) is 6.15. The highest BCUT2D eigenvalue weighted by Crippen LogP contribution is 2.27. The number of hydrogen-bond acceptors (Lipinski definition) is 7. The Bertz CT molecular complexity index is 1370. The van der Waals surface area contributed by atoms with Crippen molar-refractivity contribution >= 4 is 44.8 Å². The van der Waals surface area contributed by atoms with Crippen LogP contribution in [0.25, 0.3) is 11.3 Å². The van der Waals surface area contributed by atoms with Crippen molar-refractivity contribution < 1.29 is 23.1 Å². The Hall–Kier alpha value is -2.83. The molecule has 0 aliphatic carbocycles. The van der Waals surface area contributed by atoms with E-state index in [1.807, 2.05) is 6.07 Å². The van der Waals surface area contributed by atoms with Crippen molar-refractivity contribution in [2.75, 3.05) is 19.6 Å². The number of rotatable bonds is 8. The van der Waals surface area contributed by atoms with Gasteiger partial charge in [-0.15, -0.1) is 11.3 Å². The second-order valence-electron chi connectivity index (χ2n) is 8.69. The summed E-state index contributed by atoms with van der Waals surface area (Å²) in [5.74, 6) is -0.935. The Balaban J connectivity index is 1.59. The smallest absolute Gasteiger partial charge is 0.261 e. The summed E-state index contributed by atoms with van der Waals surface area (Å²) in [6, 6.07) is 12.1. The SMILES string of the molecule is Cc1c(-c2ccccn2)cccc1S(=O)(=O)N[C@@H](CNC(=O)c1ccc(Cl)s1)C(=O)N1CCC(O)CC1. The number of sulfonamides is 1. The lowest BCUT2D eigenvalue weighted by atomic mass is 10.1. The number of nitrogens with one attached hydrogen (secondary N) is 2. The number of carbonyl (C=O) groups excluding carboxylic acids is 2. The van der Waals surface area contributed by atoms with E-state index in [-0.39, 0.29) is 11.4 Å². The van der Waals surface area contributed by atoms with Crippen LogP contribution in [0.3, 0.4) is 0 Å². The molecule has 1 fully saturated rings. The van der Waals surface area contributed by atoms with Gasteiger partial charge < -0.3 is 15.3 Å². The number of nitrogens with zero attached hydrogens (tertiary/aromatic N) is 2. The third kappa shape index (κ3) is 6.55. The summed E-state index contributed by atoms with van der Waals surface area (Å²) in [6.45, 7) is 2.01. The lowest BCUT2D eigenvalue weighted by Crippen LogP contribution is -2.55. The van der Waals surface area contributed by atoms with Crippen LogP contribution in [0.5, 0.6) is 0 Å². The number of amides is 2. The van der Waals surface area contributed by atoms with Crippen LogP contribution < -0.4 is 10.0 Å². The summed E-state index contributed by atoms with van der Waals surface area (Å²) in [7, 11) is -4.17. The maximum Gasteiger partial charge on any atom is 0.261 e. The van der Waals surface area contributed by atoms with Gasteiger partial charge in [-0.1, -0.05) is 29.8 Å². The van der Waals surface area contributed by atoms with E-state index in [9.17, 15) is 23.1 Å². The maximum atomic E-state index is 13.5. The highest BCUT2D eigenvalue weighted by molar-refractivity contribution is 7.89. The van der Waals surface area contributed by atoms with Gasteiger partial charge in [0.1, 0.15) is 6.04 Å². The molecule has 37 heavy (non-hydrogen) atoms. The zero-order valence-electron chi connectivity index (χ0n) is 20.1. The van der Waals surface area contributed by atoms with Crippen LogP contribution in [0.1, 0.15) is 28.1 Å². The molecule has 1 aliphatic heterocycles. The lowest BCUT2D eigenvalue weighted by molar-refractivity contribution is -0.134. The number of aliphatic hydroxyl groups excluding tert-OH is 1. The fourth-order valence-electron chi connectivity index (χ4n) is 4.16. The number of thiophene rings is 1. The Labute approximate surface area is 224 Å². The topological polar surface area (TPSA) is 129 Å². The van der Waals surface area contributed by atoms with Crippen LogP contribution >= 0.6 is 22.9 Å². The minimum Gasteiger partial charge on any atom is -0.393 e. The minimum atomic E-state index is -4.17. The molecule has 1 aliphatic rings. The maximum absolute atomic E-state index is 13.5. The van der Waals surface area contributed by atoms with Crippen molar-refractivity contribution in [2.45, 2.75) is 36.8 Å². The highest BCUT2D eigenvalue weighted by atomic mass is 35.5. The van der Waals surface area contributed by atoms with Gasteiger partial charge in [-0.05, 0) is 55.7 Å². The molecule has 0 unspecified atom stereocenters. The molecule has 3 aromatic rings. The fraction of sp³-hybridized carbons (Fsp3) is 0.320. The summed E-state index contributed by atoms with van der Waals surface area (Å²) in [6.07, 6.45) is 1.92. The monoisotopic (exact) mass is 562 g/mol. The van der Waals surface area contributed by atoms with Crippen molar-refractivity contribution in [3.05, 3.63) is 69.5 Å². The van der Waals surface area contributed by atoms with Gasteiger partial charge in [0, 0.05) is 31.4 Å². The molecule has 2 aromatic heterocycles. The van der Waals surface area contributed by atoms with E-state index in [0.29, 0.717) is 52.0 Å². The van der Waals surface area contributed by atoms with Crippen molar-refractivity contribution in [1.29, 1.82) is 0 Å². The summed E-state index contributed by atoms with van der Waals surface area (Å²) < 4.78 is 30.0. The second kappa shape index (κ2) is 11.7. The van der Waals surface area contributed by atoms with E-state index in [4.69, 9.17) is 11.6 Å². The Morgan fingerprint density at radius 1 is 1.16 bits per heavy atom. The van der Waals surface area contributed by atoms with Gasteiger partial charge in [-0.2, -0.15) is 4.72 Å². The van der Waals surface area contributed by atoms with Crippen LogP contribution in [-0.4, -0.2) is 67.0 Å². The molecule has 0 saturated carbocycles. The number of pyridine rings is 1. The first-order valence-electron chi connectivity index (χ1n) is 11.7. The third-order valence-corrected chi connectivity index (χ3v) is 9.00. The predicted molar refractivity (Wildman–Crippen MR) is 142 cm³/mol. The van der Waals surface area contributed by atoms with E-state index in [1.54, 1.807) is 49.5 Å². The Kier molecular flexibility index (Phi) is 8.60. The van der Waals surface area contributed by atoms with Crippen molar-refractivity contribution in [3.8, 4) is 11.3 Å². The molecule has 1 atom stereocenters. The number of aromatic nitrogens is 1. The number of piperidine rings is 1. The Morgan fingerprint density at radius 2 is 1.92 bits per heavy atom. The van der Waals surface area contributed by atoms with E-state index in [0.717, 1.165) is 11.3 Å². The molecule has 0 radical (unpaired) electrons. The first kappa shape index (κ1) is 27.2. The standard InChI is InChI=1S/C25H27ClN4O5S2/c1-16-18(19-6-2-3-12-27-19)5-4-7-22(16)37(34,35)29-20(25(33)30-13-10-17(31)11-14-30)15-28-24(32)21-8-9-23(26)36-21/h2-9,12,17,20,29,31H,10-11,13-15H2,1H3,(H,28,32)/t20-/m0/s1. The van der Waals surface area contributed by atoms with Gasteiger partial charge >= 0.3 is 0 Å². The van der Waals surface area contributed by atoms with Crippen molar-refractivity contribution in [2.24, 2.45) is 0 Å². The molecule has 3 heterocycles. The van der Waals surface area contributed by atoms with Gasteiger partial charge in [0.15, 0.2) is 0 Å². The summed E-state index contributed by atoms with van der Waals surface area (Å²) >= 11 is 7.00. The summed E-state index contributed by atoms with van der Waals surface area (Å²) in [5.41, 5.74) is 1.76. The molecular weight excluding hydrogens is 536 g/mol. The minimum absolute atomic E-state index is 0.0129. The molecule has 2 amide bonds. The quantitative estimate of drug-likeness (QED) is 0.387. The average molecular weight is 563 g/mol. The van der Waals surface area contributed by atoms with Gasteiger partial charge in [-0.3, -0.25) is 14.6 Å². The highest BCUT2D eigenvalue weighted by Gasteiger charge is 2.32. The van der Waals surface area contributed by atoms with E-state index >= 15 is 0 Å². The predicted octanol–water partition coefficient (Wildman–Crippen LogP) is 2.83. The van der Waals surface area contributed by atoms with Crippen molar-refractivity contribution in [3.63, 3.8) is 0 Å². The molecule has 0 bridgehead atoms. The van der Waals surface area contributed by atoms with Crippen LogP contribution in [-0.2, 0) is 14.8 Å². The van der Waals surface area contributed by atoms with Crippen molar-refractivity contribution in [1.82, 2.24) is 19.9 Å². The van der Waals surface area contributed by atoms with Crippen LogP contribution in [0, 0.1) is 6.92 Å². The number of hydrogen-bond donors (Lipinski definition) is 3. The second-order valence-corrected chi connectivity index (χ2v) is 12.1. The number of carbonyl (C=O) groups is 2. The molecule has 196 valence electrons. The number of benzene rings is 1. The normalized spacial score (nSPS) is 15.4. The van der Waals surface area contributed by atoms with Crippen LogP contribution in [0.2, 0.25) is 4.34 Å². The van der Waals surface area contributed by atoms with Gasteiger partial charge in [0.05, 0.1) is 25.9 Å². The number of aliphatic hydroxyl groups is 1. The lowest BCUT2D eigenvalue weighted by Gasteiger charge is -2.32. The Morgan fingerprint density at radius 3 is 2.57 bits per heavy atom. The number of likely N-dealkylation sites (tertiary alicyclic amines) is 1. The molecular formula is C25H27ClN4O5S2. The molecule has 1 aromatic carbocycles. The molecule has 12 heteroatoms. The first-order valence-corrected chi connectivity index (χ1v) is 14.4. The summed E-state index contributed by atoms with van der Waals surface area (Å²) in [4.78, 5) is 32.2. The average Bonchev–Trinajstić information content (AvgIpc) is 3.33.